The van der Waals surface area contributed by atoms with Gasteiger partial charge in [0, 0.05) is 11.0 Å². The molecule has 3 nitrogen and oxygen atoms in total. The summed E-state index contributed by atoms with van der Waals surface area (Å²) in [5.74, 6) is 0.493. The summed E-state index contributed by atoms with van der Waals surface area (Å²) >= 11 is 3.20. The summed E-state index contributed by atoms with van der Waals surface area (Å²) in [5, 5.41) is 2.73. The maximum absolute atomic E-state index is 11.8. The van der Waals surface area contributed by atoms with Crippen molar-refractivity contribution in [3.05, 3.63) is 65.7 Å². The van der Waals surface area contributed by atoms with Crippen molar-refractivity contribution in [1.29, 1.82) is 0 Å². The molecule has 2 aromatic rings. The van der Waals surface area contributed by atoms with Gasteiger partial charge in [-0.25, -0.2) is 0 Å². The van der Waals surface area contributed by atoms with E-state index in [1.54, 1.807) is 6.92 Å². The van der Waals surface area contributed by atoms with Crippen LogP contribution in [0.4, 0.5) is 0 Å². The second-order valence-corrected chi connectivity index (χ2v) is 6.01. The van der Waals surface area contributed by atoms with Gasteiger partial charge in [0.25, 0.3) is 5.91 Å². The molecule has 0 aromatic heterocycles. The van der Waals surface area contributed by atoms with E-state index in [2.05, 4.69) is 40.0 Å². The molecule has 1 unspecified atom stereocenters. The standard InChI is InChI=1S/C18H18BrNO2/c1-13(19)12-20-18(21)14(2)22-17-10-8-16(9-11-17)15-6-4-3-5-7-15/h3-11,14H,1,12H2,2H3,(H,20,21). The molecule has 1 atom stereocenters. The van der Waals surface area contributed by atoms with Gasteiger partial charge in [-0.15, -0.1) is 0 Å². The van der Waals surface area contributed by atoms with E-state index in [1.165, 1.54) is 0 Å². The lowest BCUT2D eigenvalue weighted by Crippen LogP contribution is -2.36. The maximum Gasteiger partial charge on any atom is 0.261 e. The molecule has 0 spiro atoms. The summed E-state index contributed by atoms with van der Waals surface area (Å²) in [6, 6.07) is 17.8. The van der Waals surface area contributed by atoms with Crippen LogP contribution in [0.3, 0.4) is 0 Å². The highest BCUT2D eigenvalue weighted by molar-refractivity contribution is 9.11. The molecule has 2 aromatic carbocycles. The molecule has 4 heteroatoms. The monoisotopic (exact) mass is 359 g/mol. The van der Waals surface area contributed by atoms with Crippen molar-refractivity contribution in [2.24, 2.45) is 0 Å². The smallest absolute Gasteiger partial charge is 0.261 e. The highest BCUT2D eigenvalue weighted by Crippen LogP contribution is 2.22. The Hall–Kier alpha value is -2.07. The number of hydrogen-bond acceptors (Lipinski definition) is 2. The lowest BCUT2D eigenvalue weighted by molar-refractivity contribution is -0.127. The number of amides is 1. The Labute approximate surface area is 139 Å². The van der Waals surface area contributed by atoms with E-state index in [-0.39, 0.29) is 5.91 Å². The fourth-order valence-corrected chi connectivity index (χ4v) is 2.08. The predicted molar refractivity (Wildman–Crippen MR) is 93.0 cm³/mol. The van der Waals surface area contributed by atoms with E-state index >= 15 is 0 Å². The molecule has 1 amide bonds. The minimum atomic E-state index is -0.561. The van der Waals surface area contributed by atoms with Crippen molar-refractivity contribution in [2.45, 2.75) is 13.0 Å². The fraction of sp³-hybridized carbons (Fsp3) is 0.167. The lowest BCUT2D eigenvalue weighted by Gasteiger charge is -2.15. The molecule has 22 heavy (non-hydrogen) atoms. The zero-order valence-electron chi connectivity index (χ0n) is 12.4. The van der Waals surface area contributed by atoms with E-state index in [1.807, 2.05) is 42.5 Å². The summed E-state index contributed by atoms with van der Waals surface area (Å²) in [7, 11) is 0. The van der Waals surface area contributed by atoms with Crippen LogP contribution in [0.5, 0.6) is 5.75 Å². The Morgan fingerprint density at radius 1 is 1.14 bits per heavy atom. The highest BCUT2D eigenvalue weighted by Gasteiger charge is 2.14. The lowest BCUT2D eigenvalue weighted by atomic mass is 10.1. The largest absolute Gasteiger partial charge is 0.481 e. The first kappa shape index (κ1) is 16.3. The van der Waals surface area contributed by atoms with Crippen LogP contribution in [0.1, 0.15) is 6.92 Å². The van der Waals surface area contributed by atoms with Crippen molar-refractivity contribution < 1.29 is 9.53 Å². The van der Waals surface area contributed by atoms with Gasteiger partial charge in [-0.3, -0.25) is 4.79 Å². The third-order valence-electron chi connectivity index (χ3n) is 3.10. The van der Waals surface area contributed by atoms with Crippen molar-refractivity contribution in [3.63, 3.8) is 0 Å². The van der Waals surface area contributed by atoms with Gasteiger partial charge in [0.05, 0.1) is 0 Å². The number of hydrogen-bond donors (Lipinski definition) is 1. The third kappa shape index (κ3) is 4.74. The second kappa shape index (κ2) is 7.80. The van der Waals surface area contributed by atoms with Crippen LogP contribution in [0, 0.1) is 0 Å². The average molecular weight is 360 g/mol. The summed E-state index contributed by atoms with van der Waals surface area (Å²) < 4.78 is 6.36. The first-order valence-electron chi connectivity index (χ1n) is 6.99. The van der Waals surface area contributed by atoms with Crippen LogP contribution in [-0.2, 0) is 4.79 Å². The number of carbonyl (C=O) groups excluding carboxylic acids is 1. The van der Waals surface area contributed by atoms with Crippen molar-refractivity contribution in [3.8, 4) is 16.9 Å². The summed E-state index contributed by atoms with van der Waals surface area (Å²) in [6.07, 6.45) is -0.561. The molecule has 0 fully saturated rings. The highest BCUT2D eigenvalue weighted by atomic mass is 79.9. The number of nitrogens with one attached hydrogen (secondary N) is 1. The van der Waals surface area contributed by atoms with E-state index < -0.39 is 6.10 Å². The van der Waals surface area contributed by atoms with Crippen LogP contribution < -0.4 is 10.1 Å². The van der Waals surface area contributed by atoms with Gasteiger partial charge >= 0.3 is 0 Å². The summed E-state index contributed by atoms with van der Waals surface area (Å²) in [5.41, 5.74) is 2.26. The summed E-state index contributed by atoms with van der Waals surface area (Å²) in [6.45, 7) is 5.78. The van der Waals surface area contributed by atoms with Gasteiger partial charge in [0.1, 0.15) is 5.75 Å². The molecule has 0 aliphatic heterocycles. The molecule has 2 rings (SSSR count). The quantitative estimate of drug-likeness (QED) is 0.841. The van der Waals surface area contributed by atoms with Gasteiger partial charge in [-0.2, -0.15) is 0 Å². The SMILES string of the molecule is C=C(Br)CNC(=O)C(C)Oc1ccc(-c2ccccc2)cc1. The van der Waals surface area contributed by atoms with Crippen LogP contribution >= 0.6 is 15.9 Å². The third-order valence-corrected chi connectivity index (χ3v) is 3.38. The Morgan fingerprint density at radius 3 is 2.32 bits per heavy atom. The zero-order chi connectivity index (χ0) is 15.9. The van der Waals surface area contributed by atoms with Gasteiger partial charge in [0.15, 0.2) is 6.10 Å². The first-order chi connectivity index (χ1) is 10.6. The van der Waals surface area contributed by atoms with Crippen LogP contribution in [0.15, 0.2) is 65.7 Å². The molecule has 0 aliphatic carbocycles. The molecule has 1 N–H and O–H groups in total. The second-order valence-electron chi connectivity index (χ2n) is 4.89. The predicted octanol–water partition coefficient (Wildman–Crippen LogP) is 4.15. The topological polar surface area (TPSA) is 38.3 Å². The molecular formula is C18H18BrNO2. The van der Waals surface area contributed by atoms with Crippen molar-refractivity contribution in [1.82, 2.24) is 5.32 Å². The molecule has 0 saturated heterocycles. The number of ether oxygens (including phenoxy) is 1. The van der Waals surface area contributed by atoms with E-state index in [0.717, 1.165) is 15.6 Å². The van der Waals surface area contributed by atoms with Crippen molar-refractivity contribution >= 4 is 21.8 Å². The maximum atomic E-state index is 11.8. The molecule has 114 valence electrons. The molecule has 0 aliphatic rings. The average Bonchev–Trinajstić information content (AvgIpc) is 2.54. The normalized spacial score (nSPS) is 11.5. The Kier molecular flexibility index (Phi) is 5.78. The number of benzene rings is 2. The van der Waals surface area contributed by atoms with Crippen LogP contribution in [-0.4, -0.2) is 18.6 Å². The van der Waals surface area contributed by atoms with Gasteiger partial charge in [-0.1, -0.05) is 65.0 Å². The Bertz CT molecular complexity index is 638. The Balaban J connectivity index is 1.96. The molecular weight excluding hydrogens is 342 g/mol. The van der Waals surface area contributed by atoms with E-state index in [0.29, 0.717) is 12.3 Å². The molecule has 0 heterocycles. The Morgan fingerprint density at radius 2 is 1.73 bits per heavy atom. The summed E-state index contributed by atoms with van der Waals surface area (Å²) in [4.78, 5) is 11.8. The number of carbonyl (C=O) groups is 1. The van der Waals surface area contributed by atoms with Crippen LogP contribution in [0.2, 0.25) is 0 Å². The number of rotatable bonds is 6. The molecule has 0 radical (unpaired) electrons. The van der Waals surface area contributed by atoms with Crippen molar-refractivity contribution in [2.75, 3.05) is 6.54 Å². The minimum absolute atomic E-state index is 0.173. The van der Waals surface area contributed by atoms with E-state index in [9.17, 15) is 4.79 Å². The molecule has 0 bridgehead atoms. The fourth-order valence-electron chi connectivity index (χ4n) is 1.94. The van der Waals surface area contributed by atoms with Gasteiger partial charge in [-0.05, 0) is 30.2 Å². The van der Waals surface area contributed by atoms with Gasteiger partial charge in [0.2, 0.25) is 0 Å². The molecule has 0 saturated carbocycles. The minimum Gasteiger partial charge on any atom is -0.481 e. The zero-order valence-corrected chi connectivity index (χ0v) is 14.0. The number of halogens is 1. The van der Waals surface area contributed by atoms with Gasteiger partial charge < -0.3 is 10.1 Å². The first-order valence-corrected chi connectivity index (χ1v) is 7.78. The van der Waals surface area contributed by atoms with E-state index in [4.69, 9.17) is 4.74 Å². The van der Waals surface area contributed by atoms with Crippen LogP contribution in [0.25, 0.3) is 11.1 Å².